The number of fused-ring (bicyclic) bond motifs is 1. The first-order valence-electron chi connectivity index (χ1n) is 8.38. The predicted molar refractivity (Wildman–Crippen MR) is 107 cm³/mol. The average molecular weight is 384 g/mol. The van der Waals surface area contributed by atoms with Crippen molar-refractivity contribution in [2.24, 2.45) is 0 Å². The van der Waals surface area contributed by atoms with E-state index in [1.807, 2.05) is 42.5 Å². The molecule has 2 N–H and O–H groups in total. The SMILES string of the molecule is CS(=O)(=O)Nc1cccc(C(=O)NCCOc2ccc3ccccc3c2)c1. The van der Waals surface area contributed by atoms with Crippen LogP contribution in [0.25, 0.3) is 10.8 Å². The number of ether oxygens (including phenoxy) is 1. The molecule has 0 aliphatic heterocycles. The molecule has 27 heavy (non-hydrogen) atoms. The molecule has 0 bridgehead atoms. The first-order chi connectivity index (χ1) is 12.9. The largest absolute Gasteiger partial charge is 0.492 e. The van der Waals surface area contributed by atoms with Crippen molar-refractivity contribution in [1.82, 2.24) is 5.32 Å². The number of sulfonamides is 1. The van der Waals surface area contributed by atoms with Gasteiger partial charge in [0.25, 0.3) is 5.91 Å². The van der Waals surface area contributed by atoms with Crippen LogP contribution in [-0.4, -0.2) is 33.7 Å². The molecule has 3 rings (SSSR count). The summed E-state index contributed by atoms with van der Waals surface area (Å²) in [5, 5.41) is 4.99. The molecule has 0 aliphatic carbocycles. The smallest absolute Gasteiger partial charge is 0.251 e. The maximum absolute atomic E-state index is 12.2. The van der Waals surface area contributed by atoms with Crippen LogP contribution >= 0.6 is 0 Å². The van der Waals surface area contributed by atoms with Crippen LogP contribution in [0, 0.1) is 0 Å². The lowest BCUT2D eigenvalue weighted by Crippen LogP contribution is -2.28. The Morgan fingerprint density at radius 3 is 2.52 bits per heavy atom. The fourth-order valence-corrected chi connectivity index (χ4v) is 3.19. The van der Waals surface area contributed by atoms with Crippen LogP contribution in [0.4, 0.5) is 5.69 Å². The van der Waals surface area contributed by atoms with E-state index in [4.69, 9.17) is 4.74 Å². The van der Waals surface area contributed by atoms with Gasteiger partial charge in [-0.25, -0.2) is 8.42 Å². The Labute approximate surface area is 158 Å². The summed E-state index contributed by atoms with van der Waals surface area (Å²) in [5.74, 6) is 0.441. The summed E-state index contributed by atoms with van der Waals surface area (Å²) in [4.78, 5) is 12.2. The first-order valence-corrected chi connectivity index (χ1v) is 10.3. The molecular weight excluding hydrogens is 364 g/mol. The van der Waals surface area contributed by atoms with Crippen molar-refractivity contribution in [1.29, 1.82) is 0 Å². The highest BCUT2D eigenvalue weighted by atomic mass is 32.2. The third kappa shape index (κ3) is 5.46. The van der Waals surface area contributed by atoms with E-state index in [1.54, 1.807) is 18.2 Å². The Balaban J connectivity index is 1.52. The van der Waals surface area contributed by atoms with Gasteiger partial charge in [-0.15, -0.1) is 0 Å². The first kappa shape index (κ1) is 18.7. The molecule has 0 atom stereocenters. The minimum Gasteiger partial charge on any atom is -0.492 e. The molecule has 1 amide bonds. The molecule has 7 heteroatoms. The lowest BCUT2D eigenvalue weighted by molar-refractivity contribution is 0.0947. The molecule has 3 aromatic carbocycles. The second kappa shape index (κ2) is 8.09. The number of rotatable bonds is 7. The van der Waals surface area contributed by atoms with Crippen molar-refractivity contribution < 1.29 is 17.9 Å². The predicted octanol–water partition coefficient (Wildman–Crippen LogP) is 3.02. The minimum atomic E-state index is -3.39. The molecule has 0 aromatic heterocycles. The van der Waals surface area contributed by atoms with Crippen LogP contribution in [0.2, 0.25) is 0 Å². The molecule has 0 saturated carbocycles. The minimum absolute atomic E-state index is 0.297. The molecule has 140 valence electrons. The highest BCUT2D eigenvalue weighted by Crippen LogP contribution is 2.20. The number of hydrogen-bond acceptors (Lipinski definition) is 4. The van der Waals surface area contributed by atoms with Gasteiger partial charge in [-0.2, -0.15) is 0 Å². The summed E-state index contributed by atoms with van der Waals surface area (Å²) in [5.41, 5.74) is 0.715. The highest BCUT2D eigenvalue weighted by Gasteiger charge is 2.08. The number of carbonyl (C=O) groups is 1. The van der Waals surface area contributed by atoms with E-state index in [0.717, 1.165) is 22.8 Å². The molecule has 6 nitrogen and oxygen atoms in total. The second-order valence-electron chi connectivity index (χ2n) is 6.07. The van der Waals surface area contributed by atoms with Crippen LogP contribution in [0.3, 0.4) is 0 Å². The lowest BCUT2D eigenvalue weighted by atomic mass is 10.1. The molecular formula is C20H20N2O4S. The van der Waals surface area contributed by atoms with Crippen molar-refractivity contribution in [3.63, 3.8) is 0 Å². The van der Waals surface area contributed by atoms with E-state index in [9.17, 15) is 13.2 Å². The van der Waals surface area contributed by atoms with Gasteiger partial charge in [0.1, 0.15) is 12.4 Å². The number of carbonyl (C=O) groups excluding carboxylic acids is 1. The molecule has 0 radical (unpaired) electrons. The number of amides is 1. The maximum Gasteiger partial charge on any atom is 0.251 e. The maximum atomic E-state index is 12.2. The molecule has 0 heterocycles. The standard InChI is InChI=1S/C20H20N2O4S/c1-27(24,25)22-18-8-4-7-17(13-18)20(23)21-11-12-26-19-10-9-15-5-2-3-6-16(15)14-19/h2-10,13-14,22H,11-12H2,1H3,(H,21,23). The number of nitrogens with one attached hydrogen (secondary N) is 2. The fraction of sp³-hybridized carbons (Fsp3) is 0.150. The van der Waals surface area contributed by atoms with Gasteiger partial charge in [0.05, 0.1) is 12.8 Å². The van der Waals surface area contributed by atoms with Gasteiger partial charge in [-0.05, 0) is 41.1 Å². The topological polar surface area (TPSA) is 84.5 Å². The molecule has 0 saturated heterocycles. The van der Waals surface area contributed by atoms with Crippen LogP contribution in [0.1, 0.15) is 10.4 Å². The zero-order valence-electron chi connectivity index (χ0n) is 14.8. The van der Waals surface area contributed by atoms with E-state index >= 15 is 0 Å². The third-order valence-corrected chi connectivity index (χ3v) is 4.41. The van der Waals surface area contributed by atoms with Gasteiger partial charge in [-0.3, -0.25) is 9.52 Å². The second-order valence-corrected chi connectivity index (χ2v) is 7.82. The van der Waals surface area contributed by atoms with Crippen LogP contribution in [-0.2, 0) is 10.0 Å². The molecule has 0 aliphatic rings. The zero-order valence-corrected chi connectivity index (χ0v) is 15.6. The van der Waals surface area contributed by atoms with Gasteiger partial charge >= 0.3 is 0 Å². The Kier molecular flexibility index (Phi) is 5.61. The van der Waals surface area contributed by atoms with E-state index in [0.29, 0.717) is 24.4 Å². The summed E-state index contributed by atoms with van der Waals surface area (Å²) >= 11 is 0. The Hall–Kier alpha value is -3.06. The van der Waals surface area contributed by atoms with Gasteiger partial charge in [-0.1, -0.05) is 36.4 Å². The van der Waals surface area contributed by atoms with Crippen molar-refractivity contribution in [2.45, 2.75) is 0 Å². The van der Waals surface area contributed by atoms with E-state index in [1.165, 1.54) is 6.07 Å². The van der Waals surface area contributed by atoms with Crippen LogP contribution in [0.5, 0.6) is 5.75 Å². The summed E-state index contributed by atoms with van der Waals surface area (Å²) in [7, 11) is -3.39. The molecule has 3 aromatic rings. The van der Waals surface area contributed by atoms with Gasteiger partial charge in [0, 0.05) is 11.3 Å². The fourth-order valence-electron chi connectivity index (χ4n) is 2.63. The van der Waals surface area contributed by atoms with Crippen molar-refractivity contribution in [3.8, 4) is 5.75 Å². The van der Waals surface area contributed by atoms with Gasteiger partial charge in [0.2, 0.25) is 10.0 Å². The molecule has 0 unspecified atom stereocenters. The van der Waals surface area contributed by atoms with Gasteiger partial charge < -0.3 is 10.1 Å². The van der Waals surface area contributed by atoms with Crippen molar-refractivity contribution >= 4 is 32.4 Å². The van der Waals surface area contributed by atoms with E-state index in [2.05, 4.69) is 10.0 Å². The van der Waals surface area contributed by atoms with E-state index in [-0.39, 0.29) is 5.91 Å². The highest BCUT2D eigenvalue weighted by molar-refractivity contribution is 7.92. The lowest BCUT2D eigenvalue weighted by Gasteiger charge is -2.10. The van der Waals surface area contributed by atoms with E-state index < -0.39 is 10.0 Å². The third-order valence-electron chi connectivity index (χ3n) is 3.81. The summed E-state index contributed by atoms with van der Waals surface area (Å²) in [6.07, 6.45) is 1.06. The Morgan fingerprint density at radius 2 is 1.74 bits per heavy atom. The zero-order chi connectivity index (χ0) is 19.3. The number of anilines is 1. The monoisotopic (exact) mass is 384 g/mol. The van der Waals surface area contributed by atoms with Gasteiger partial charge in [0.15, 0.2) is 0 Å². The quantitative estimate of drug-likeness (QED) is 0.613. The van der Waals surface area contributed by atoms with Crippen LogP contribution in [0.15, 0.2) is 66.7 Å². The number of hydrogen-bond donors (Lipinski definition) is 2. The Morgan fingerprint density at radius 1 is 0.963 bits per heavy atom. The van der Waals surface area contributed by atoms with Crippen molar-refractivity contribution in [2.75, 3.05) is 24.1 Å². The number of benzene rings is 3. The summed E-state index contributed by atoms with van der Waals surface area (Å²) < 4.78 is 30.6. The normalized spacial score (nSPS) is 11.1. The van der Waals surface area contributed by atoms with Crippen LogP contribution < -0.4 is 14.8 Å². The average Bonchev–Trinajstić information content (AvgIpc) is 2.64. The summed E-state index contributed by atoms with van der Waals surface area (Å²) in [6, 6.07) is 20.2. The Bertz CT molecular complexity index is 1060. The molecule has 0 fully saturated rings. The molecule has 0 spiro atoms. The summed E-state index contributed by atoms with van der Waals surface area (Å²) in [6.45, 7) is 0.654. The van der Waals surface area contributed by atoms with Crippen molar-refractivity contribution in [3.05, 3.63) is 72.3 Å².